The molecule has 1 aliphatic carbocycles. The third-order valence-corrected chi connectivity index (χ3v) is 12.8. The highest BCUT2D eigenvalue weighted by molar-refractivity contribution is 5.99. The average molecular weight is 933 g/mol. The van der Waals surface area contributed by atoms with Crippen LogP contribution in [-0.2, 0) is 40.0 Å². The Bertz CT molecular complexity index is 2300. The molecule has 0 saturated carbocycles. The van der Waals surface area contributed by atoms with Crippen LogP contribution in [0.15, 0.2) is 72.9 Å². The molecule has 2 atom stereocenters. The number of aliphatic hydroxyl groups is 1. The number of phenolic OH excluding ortho intramolecular Hbond substituents is 2. The normalized spacial score (nSPS) is 15.4. The van der Waals surface area contributed by atoms with Crippen LogP contribution in [0.25, 0.3) is 0 Å². The van der Waals surface area contributed by atoms with Crippen molar-refractivity contribution in [1.29, 1.82) is 0 Å². The second kappa shape index (κ2) is 28.0. The Kier molecular flexibility index (Phi) is 22.7. The molecule has 0 radical (unpaired) electrons. The van der Waals surface area contributed by atoms with Crippen molar-refractivity contribution in [2.45, 2.75) is 169 Å². The van der Waals surface area contributed by atoms with Crippen molar-refractivity contribution in [2.24, 2.45) is 5.92 Å². The lowest BCUT2D eigenvalue weighted by atomic mass is 9.83. The summed E-state index contributed by atoms with van der Waals surface area (Å²) in [6, 6.07) is 10.2. The molecule has 0 fully saturated rings. The minimum atomic E-state index is -1.21. The van der Waals surface area contributed by atoms with Crippen LogP contribution in [0.3, 0.4) is 0 Å². The van der Waals surface area contributed by atoms with E-state index in [4.69, 9.17) is 9.47 Å². The van der Waals surface area contributed by atoms with Crippen molar-refractivity contribution in [1.82, 2.24) is 0 Å². The number of carbonyl (C=O) groups excluding carboxylic acids is 5. The highest BCUT2D eigenvalue weighted by Crippen LogP contribution is 2.39. The summed E-state index contributed by atoms with van der Waals surface area (Å²) < 4.78 is 11.8. The van der Waals surface area contributed by atoms with Gasteiger partial charge in [0.1, 0.15) is 30.5 Å². The summed E-state index contributed by atoms with van der Waals surface area (Å²) in [4.78, 5) is 67.5. The van der Waals surface area contributed by atoms with Gasteiger partial charge in [-0.1, -0.05) is 99.1 Å². The van der Waals surface area contributed by atoms with Crippen LogP contribution in [0.2, 0.25) is 0 Å². The van der Waals surface area contributed by atoms with Gasteiger partial charge in [-0.3, -0.25) is 19.2 Å². The number of rotatable bonds is 26. The molecule has 6 bridgehead atoms. The van der Waals surface area contributed by atoms with Crippen molar-refractivity contribution >= 4 is 29.1 Å². The molecule has 4 rings (SSSR count). The molecular weight excluding hydrogens is 857 g/mol. The number of fused-ring (bicyclic) bond motifs is 6. The van der Waals surface area contributed by atoms with Crippen LogP contribution in [0, 0.1) is 5.92 Å². The van der Waals surface area contributed by atoms with Crippen molar-refractivity contribution in [3.05, 3.63) is 123 Å². The maximum absolute atomic E-state index is 14.1. The Morgan fingerprint density at radius 2 is 1.01 bits per heavy atom. The molecule has 0 spiro atoms. The van der Waals surface area contributed by atoms with E-state index in [1.807, 2.05) is 6.92 Å². The van der Waals surface area contributed by atoms with Crippen LogP contribution in [-0.4, -0.2) is 63.7 Å². The molecule has 10 heteroatoms. The molecule has 368 valence electrons. The van der Waals surface area contributed by atoms with Crippen LogP contribution >= 0.6 is 0 Å². The molecule has 1 aliphatic rings. The van der Waals surface area contributed by atoms with Crippen molar-refractivity contribution in [3.63, 3.8) is 0 Å². The summed E-state index contributed by atoms with van der Waals surface area (Å²) in [5.74, 6) is -1.54. The van der Waals surface area contributed by atoms with Gasteiger partial charge in [0.2, 0.25) is 0 Å². The first-order chi connectivity index (χ1) is 32.6. The number of carbonyl (C=O) groups is 5. The van der Waals surface area contributed by atoms with E-state index in [0.717, 1.165) is 57.4 Å². The summed E-state index contributed by atoms with van der Waals surface area (Å²) in [6.45, 7) is 17.5. The van der Waals surface area contributed by atoms with E-state index in [0.29, 0.717) is 99.9 Å². The maximum Gasteiger partial charge on any atom is 0.330 e. The Hall–Kier alpha value is -5.61. The van der Waals surface area contributed by atoms with Crippen molar-refractivity contribution < 1.29 is 48.8 Å². The largest absolute Gasteiger partial charge is 0.507 e. The Morgan fingerprint density at radius 1 is 0.603 bits per heavy atom. The number of allylic oxidation sites excluding steroid dienone is 2. The molecule has 3 N–H and O–H groups in total. The van der Waals surface area contributed by atoms with Gasteiger partial charge < -0.3 is 24.8 Å². The van der Waals surface area contributed by atoms with Gasteiger partial charge in [0.05, 0.1) is 6.10 Å². The highest BCUT2D eigenvalue weighted by Gasteiger charge is 2.28. The summed E-state index contributed by atoms with van der Waals surface area (Å²) in [7, 11) is 0. The van der Waals surface area contributed by atoms with E-state index in [2.05, 4.69) is 40.9 Å². The number of phenols is 2. The lowest BCUT2D eigenvalue weighted by Crippen LogP contribution is -2.25. The maximum atomic E-state index is 14.1. The van der Waals surface area contributed by atoms with Crippen LogP contribution in [0.5, 0.6) is 17.2 Å². The number of ketones is 4. The zero-order chi connectivity index (χ0) is 49.8. The number of unbranched alkanes of at least 4 members (excludes halogenated alkanes) is 8. The first-order valence-corrected chi connectivity index (χ1v) is 25.1. The number of Topliss-reactive ketones (excluding diaryl/α,β-unsaturated/α-hetero) is 4. The SMILES string of the molecule is C=CC(=O)OCCOc1c2cc(C(=O)CCCCC)cc1Cc1cc(C(=O)CCCCC)cc(c1O)Cc1cc(C(=O)CCCCC)cc(c1O)CC(C)C(O)/C(=C\C(=C)C(=O)CCCCC)C2. The molecule has 0 saturated heterocycles. The van der Waals surface area contributed by atoms with Gasteiger partial charge in [0, 0.05) is 66.9 Å². The molecular formula is C58H76O10. The summed E-state index contributed by atoms with van der Waals surface area (Å²) in [5.41, 5.74) is 4.38. The van der Waals surface area contributed by atoms with Crippen LogP contribution < -0.4 is 4.74 Å². The Labute approximate surface area is 404 Å². The molecule has 3 aromatic rings. The number of ether oxygens (including phenoxy) is 2. The Balaban J connectivity index is 2.09. The van der Waals surface area contributed by atoms with E-state index in [1.165, 1.54) is 0 Å². The van der Waals surface area contributed by atoms with E-state index >= 15 is 0 Å². The number of aromatic hydroxyl groups is 2. The molecule has 0 aliphatic heterocycles. The summed E-state index contributed by atoms with van der Waals surface area (Å²) in [5, 5.41) is 36.8. The second-order valence-electron chi connectivity index (χ2n) is 18.6. The molecule has 68 heavy (non-hydrogen) atoms. The summed E-state index contributed by atoms with van der Waals surface area (Å²) >= 11 is 0. The Morgan fingerprint density at radius 3 is 1.49 bits per heavy atom. The lowest BCUT2D eigenvalue weighted by Gasteiger charge is -2.26. The zero-order valence-electron chi connectivity index (χ0n) is 41.4. The fourth-order valence-corrected chi connectivity index (χ4v) is 8.85. The predicted molar refractivity (Wildman–Crippen MR) is 269 cm³/mol. The number of benzene rings is 3. The molecule has 0 heterocycles. The molecule has 0 aromatic heterocycles. The smallest absolute Gasteiger partial charge is 0.330 e. The highest BCUT2D eigenvalue weighted by atomic mass is 16.6. The third kappa shape index (κ3) is 16.0. The van der Waals surface area contributed by atoms with E-state index in [-0.39, 0.29) is 91.9 Å². The van der Waals surface area contributed by atoms with Crippen LogP contribution in [0.1, 0.15) is 202 Å². The van der Waals surface area contributed by atoms with Gasteiger partial charge in [-0.25, -0.2) is 4.79 Å². The number of aliphatic hydroxyl groups excluding tert-OH is 1. The monoisotopic (exact) mass is 933 g/mol. The van der Waals surface area contributed by atoms with Gasteiger partial charge >= 0.3 is 5.97 Å². The minimum Gasteiger partial charge on any atom is -0.507 e. The first kappa shape index (κ1) is 55.0. The van der Waals surface area contributed by atoms with Gasteiger partial charge in [-0.2, -0.15) is 0 Å². The van der Waals surface area contributed by atoms with Gasteiger partial charge in [0.15, 0.2) is 23.1 Å². The minimum absolute atomic E-state index is 0.00199. The van der Waals surface area contributed by atoms with Crippen LogP contribution in [0.4, 0.5) is 0 Å². The fraction of sp³-hybridized carbons (Fsp3) is 0.500. The zero-order valence-corrected chi connectivity index (χ0v) is 41.4. The second-order valence-corrected chi connectivity index (χ2v) is 18.6. The number of esters is 1. The average Bonchev–Trinajstić information content (AvgIpc) is 3.32. The molecule has 0 amide bonds. The van der Waals surface area contributed by atoms with E-state index in [9.17, 15) is 39.3 Å². The third-order valence-electron chi connectivity index (χ3n) is 12.8. The number of hydrogen-bond donors (Lipinski definition) is 3. The van der Waals surface area contributed by atoms with Crippen molar-refractivity contribution in [2.75, 3.05) is 13.2 Å². The predicted octanol–water partition coefficient (Wildman–Crippen LogP) is 12.4. The summed E-state index contributed by atoms with van der Waals surface area (Å²) in [6.07, 6.45) is 12.7. The van der Waals surface area contributed by atoms with Gasteiger partial charge in [0.25, 0.3) is 0 Å². The van der Waals surface area contributed by atoms with E-state index in [1.54, 1.807) is 42.5 Å². The van der Waals surface area contributed by atoms with E-state index < -0.39 is 18.0 Å². The first-order valence-electron chi connectivity index (χ1n) is 25.1. The topological polar surface area (TPSA) is 164 Å². The fourth-order valence-electron chi connectivity index (χ4n) is 8.85. The quantitative estimate of drug-likeness (QED) is 0.0305. The van der Waals surface area contributed by atoms with Crippen molar-refractivity contribution in [3.8, 4) is 17.2 Å². The standard InChI is InChI=1S/C58H76O10/c1-8-13-17-21-50(59)38(6)27-43-36-48-33-42(53(62)24-20-16-11-4)34-49(58(48)68-26-25-67-54(63)12-5)37-47-32-41(52(61)23-19-15-10-3)31-46(57(47)66)35-45-30-40(51(60)22-18-14-9-2)29-44(56(45)65)28-39(7)55(43)64/h12,27,29-34,39,55,64-66H,5-6,8-11,13-26,28,35-37H2,1-4,7H3/b43-27-. The van der Waals surface area contributed by atoms with Gasteiger partial charge in [-0.05, 0) is 126 Å². The molecule has 2 unspecified atom stereocenters. The lowest BCUT2D eigenvalue weighted by molar-refractivity contribution is -0.138. The molecule has 10 nitrogen and oxygen atoms in total. The molecule has 3 aromatic carbocycles. The number of hydrogen-bond acceptors (Lipinski definition) is 10. The van der Waals surface area contributed by atoms with Gasteiger partial charge in [-0.15, -0.1) is 0 Å².